The number of aromatic nitrogens is 2. The molecule has 1 aliphatic heterocycles. The smallest absolute Gasteiger partial charge is 0.269 e. The SMILES string of the molecule is Nc1n[nH]c2ccc(C3NC=C(C(=O)NCc4cccc(Cl)c4)N3)cc12. The predicted octanol–water partition coefficient (Wildman–Crippen LogP) is 2.15. The Kier molecular flexibility index (Phi) is 4.14. The molecule has 1 amide bonds. The summed E-state index contributed by atoms with van der Waals surface area (Å²) in [5.41, 5.74) is 9.09. The van der Waals surface area contributed by atoms with Gasteiger partial charge in [-0.2, -0.15) is 5.10 Å². The summed E-state index contributed by atoms with van der Waals surface area (Å²) in [5, 5.41) is 17.6. The summed E-state index contributed by atoms with van der Waals surface area (Å²) in [7, 11) is 0. The fourth-order valence-electron chi connectivity index (χ4n) is 2.87. The molecule has 2 aromatic carbocycles. The number of amides is 1. The molecule has 0 bridgehead atoms. The van der Waals surface area contributed by atoms with Crippen LogP contribution in [0.4, 0.5) is 5.82 Å². The van der Waals surface area contributed by atoms with Crippen LogP contribution < -0.4 is 21.7 Å². The molecular weight excluding hydrogens is 352 g/mol. The molecule has 3 aromatic rings. The van der Waals surface area contributed by atoms with Crippen LogP contribution in [0.25, 0.3) is 10.9 Å². The second-order valence-corrected chi connectivity index (χ2v) is 6.46. The van der Waals surface area contributed by atoms with Crippen LogP contribution in [0.5, 0.6) is 0 Å². The van der Waals surface area contributed by atoms with Gasteiger partial charge < -0.3 is 21.7 Å². The van der Waals surface area contributed by atoms with E-state index in [2.05, 4.69) is 26.1 Å². The summed E-state index contributed by atoms with van der Waals surface area (Å²) in [6, 6.07) is 13.2. The summed E-state index contributed by atoms with van der Waals surface area (Å²) in [6.45, 7) is 0.403. The molecule has 4 rings (SSSR count). The van der Waals surface area contributed by atoms with Crippen molar-refractivity contribution < 1.29 is 4.79 Å². The molecule has 6 N–H and O–H groups in total. The van der Waals surface area contributed by atoms with Crippen LogP contribution in [-0.4, -0.2) is 16.1 Å². The maximum Gasteiger partial charge on any atom is 0.269 e. The van der Waals surface area contributed by atoms with Gasteiger partial charge >= 0.3 is 0 Å². The van der Waals surface area contributed by atoms with Crippen LogP contribution in [0.1, 0.15) is 17.3 Å². The van der Waals surface area contributed by atoms with E-state index in [-0.39, 0.29) is 12.1 Å². The summed E-state index contributed by atoms with van der Waals surface area (Å²) >= 11 is 5.96. The number of fused-ring (bicyclic) bond motifs is 1. The van der Waals surface area contributed by atoms with Crippen molar-refractivity contribution in [2.24, 2.45) is 0 Å². The summed E-state index contributed by atoms with van der Waals surface area (Å²) in [4.78, 5) is 12.4. The Bertz CT molecular complexity index is 1010. The Hall–Kier alpha value is -3.19. The van der Waals surface area contributed by atoms with Gasteiger partial charge in [-0.15, -0.1) is 0 Å². The molecule has 8 heteroatoms. The molecule has 0 fully saturated rings. The predicted molar refractivity (Wildman–Crippen MR) is 101 cm³/mol. The second kappa shape index (κ2) is 6.61. The quantitative estimate of drug-likeness (QED) is 0.485. The minimum atomic E-state index is -0.208. The Labute approximate surface area is 154 Å². The topological polar surface area (TPSA) is 108 Å². The number of benzene rings is 2. The standard InChI is InChI=1S/C18H17ClN6O/c19-12-3-1-2-10(6-12)8-22-18(26)15-9-21-17(23-15)11-4-5-14-13(7-11)16(20)25-24-14/h1-7,9,17,21,23H,8H2,(H,22,26)(H3,20,24,25). The van der Waals surface area contributed by atoms with Crippen molar-refractivity contribution in [2.75, 3.05) is 5.73 Å². The maximum absolute atomic E-state index is 12.4. The highest BCUT2D eigenvalue weighted by atomic mass is 35.5. The van der Waals surface area contributed by atoms with Crippen LogP contribution >= 0.6 is 11.6 Å². The van der Waals surface area contributed by atoms with Crippen LogP contribution in [-0.2, 0) is 11.3 Å². The number of hydrogen-bond donors (Lipinski definition) is 5. The van der Waals surface area contributed by atoms with Gasteiger partial charge in [-0.3, -0.25) is 9.89 Å². The first-order chi connectivity index (χ1) is 12.6. The van der Waals surface area contributed by atoms with Crippen molar-refractivity contribution in [3.05, 3.63) is 70.5 Å². The second-order valence-electron chi connectivity index (χ2n) is 6.03. The molecule has 7 nitrogen and oxygen atoms in total. The molecule has 0 aliphatic carbocycles. The van der Waals surface area contributed by atoms with Crippen molar-refractivity contribution in [1.29, 1.82) is 0 Å². The minimum Gasteiger partial charge on any atom is -0.382 e. The number of nitrogens with zero attached hydrogens (tertiary/aromatic N) is 1. The molecule has 1 atom stereocenters. The van der Waals surface area contributed by atoms with E-state index >= 15 is 0 Å². The van der Waals surface area contributed by atoms with E-state index in [9.17, 15) is 4.79 Å². The Morgan fingerprint density at radius 3 is 3.00 bits per heavy atom. The lowest BCUT2D eigenvalue weighted by Crippen LogP contribution is -2.31. The molecule has 1 aromatic heterocycles. The zero-order valence-electron chi connectivity index (χ0n) is 13.7. The van der Waals surface area contributed by atoms with Crippen molar-refractivity contribution in [3.63, 3.8) is 0 Å². The number of rotatable bonds is 4. The van der Waals surface area contributed by atoms with E-state index in [0.717, 1.165) is 22.0 Å². The zero-order valence-corrected chi connectivity index (χ0v) is 14.5. The lowest BCUT2D eigenvalue weighted by molar-refractivity contribution is -0.118. The highest BCUT2D eigenvalue weighted by Crippen LogP contribution is 2.24. The molecular formula is C18H17ClN6O. The number of H-pyrrole nitrogens is 1. The van der Waals surface area contributed by atoms with E-state index in [0.29, 0.717) is 23.1 Å². The van der Waals surface area contributed by atoms with Gasteiger partial charge in [-0.25, -0.2) is 0 Å². The number of nitrogen functional groups attached to an aromatic ring is 1. The number of anilines is 1. The van der Waals surface area contributed by atoms with Gasteiger partial charge in [0.15, 0.2) is 5.82 Å². The summed E-state index contributed by atoms with van der Waals surface area (Å²) in [5.74, 6) is 0.260. The van der Waals surface area contributed by atoms with E-state index < -0.39 is 0 Å². The molecule has 0 saturated carbocycles. The lowest BCUT2D eigenvalue weighted by Gasteiger charge is -2.14. The van der Waals surface area contributed by atoms with Gasteiger partial charge in [0.1, 0.15) is 11.9 Å². The maximum atomic E-state index is 12.4. The monoisotopic (exact) mass is 368 g/mol. The third-order valence-corrected chi connectivity index (χ3v) is 4.47. The van der Waals surface area contributed by atoms with E-state index in [4.69, 9.17) is 17.3 Å². The van der Waals surface area contributed by atoms with Crippen LogP contribution in [0.2, 0.25) is 5.02 Å². The van der Waals surface area contributed by atoms with Crippen LogP contribution in [0.3, 0.4) is 0 Å². The molecule has 2 heterocycles. The first-order valence-corrected chi connectivity index (χ1v) is 8.47. The average Bonchev–Trinajstić information content (AvgIpc) is 3.27. The Morgan fingerprint density at radius 2 is 2.15 bits per heavy atom. The molecule has 132 valence electrons. The van der Waals surface area contributed by atoms with Gasteiger partial charge in [0.2, 0.25) is 0 Å². The minimum absolute atomic E-state index is 0.191. The normalized spacial score (nSPS) is 16.0. The van der Waals surface area contributed by atoms with Crippen molar-refractivity contribution in [1.82, 2.24) is 26.1 Å². The third-order valence-electron chi connectivity index (χ3n) is 4.23. The van der Waals surface area contributed by atoms with E-state index in [1.807, 2.05) is 36.4 Å². The molecule has 1 unspecified atom stereocenters. The van der Waals surface area contributed by atoms with Crippen LogP contribution in [0.15, 0.2) is 54.4 Å². The van der Waals surface area contributed by atoms with Gasteiger partial charge in [-0.05, 0) is 35.4 Å². The first-order valence-electron chi connectivity index (χ1n) is 8.09. The average molecular weight is 369 g/mol. The molecule has 0 radical (unpaired) electrons. The highest BCUT2D eigenvalue weighted by Gasteiger charge is 2.22. The Morgan fingerprint density at radius 1 is 1.27 bits per heavy atom. The van der Waals surface area contributed by atoms with Gasteiger partial charge in [0.25, 0.3) is 5.91 Å². The number of nitrogens with one attached hydrogen (secondary N) is 4. The van der Waals surface area contributed by atoms with Gasteiger partial charge in [-0.1, -0.05) is 29.8 Å². The molecule has 0 saturated heterocycles. The highest BCUT2D eigenvalue weighted by molar-refractivity contribution is 6.30. The largest absolute Gasteiger partial charge is 0.382 e. The van der Waals surface area contributed by atoms with Crippen LogP contribution in [0, 0.1) is 0 Å². The van der Waals surface area contributed by atoms with Crippen molar-refractivity contribution >= 4 is 34.2 Å². The van der Waals surface area contributed by atoms with Crippen molar-refractivity contribution in [2.45, 2.75) is 12.7 Å². The van der Waals surface area contributed by atoms with Gasteiger partial charge in [0.05, 0.1) is 5.52 Å². The number of hydrogen-bond acceptors (Lipinski definition) is 5. The number of halogens is 1. The Balaban J connectivity index is 1.40. The fraction of sp³-hybridized carbons (Fsp3) is 0.111. The zero-order chi connectivity index (χ0) is 18.1. The summed E-state index contributed by atoms with van der Waals surface area (Å²) in [6.07, 6.45) is 1.46. The lowest BCUT2D eigenvalue weighted by atomic mass is 10.1. The third kappa shape index (κ3) is 3.16. The number of aromatic amines is 1. The van der Waals surface area contributed by atoms with E-state index in [1.165, 1.54) is 0 Å². The van der Waals surface area contributed by atoms with E-state index in [1.54, 1.807) is 12.3 Å². The fourth-order valence-corrected chi connectivity index (χ4v) is 3.09. The van der Waals surface area contributed by atoms with Gasteiger partial charge in [0, 0.05) is 23.2 Å². The first kappa shape index (κ1) is 16.3. The summed E-state index contributed by atoms with van der Waals surface area (Å²) < 4.78 is 0. The molecule has 26 heavy (non-hydrogen) atoms. The molecule has 1 aliphatic rings. The number of carbonyl (C=O) groups excluding carboxylic acids is 1. The van der Waals surface area contributed by atoms with Crippen molar-refractivity contribution in [3.8, 4) is 0 Å². The molecule has 0 spiro atoms. The number of carbonyl (C=O) groups is 1. The number of nitrogens with two attached hydrogens (primary N) is 1.